The highest BCUT2D eigenvalue weighted by Crippen LogP contribution is 2.24. The predicted molar refractivity (Wildman–Crippen MR) is 49.5 cm³/mol. The number of ether oxygens (including phenoxy) is 2. The monoisotopic (exact) mass is 254 g/mol. The third-order valence-electron chi connectivity index (χ3n) is 1.41. The predicted octanol–water partition coefficient (Wildman–Crippen LogP) is 2.73. The molecule has 0 unspecified atom stereocenters. The molecular weight excluding hydrogens is 249 g/mol. The van der Waals surface area contributed by atoms with Gasteiger partial charge in [0.15, 0.2) is 6.61 Å². The van der Waals surface area contributed by atoms with Crippen molar-refractivity contribution in [3.8, 4) is 11.5 Å². The van der Waals surface area contributed by atoms with Gasteiger partial charge < -0.3 is 9.47 Å². The second kappa shape index (κ2) is 5.07. The summed E-state index contributed by atoms with van der Waals surface area (Å²) in [7, 11) is 0. The highest BCUT2D eigenvalue weighted by atomic mass is 35.5. The van der Waals surface area contributed by atoms with Gasteiger partial charge in [0, 0.05) is 0 Å². The van der Waals surface area contributed by atoms with E-state index in [9.17, 15) is 18.0 Å². The molecule has 0 aliphatic rings. The first-order valence-electron chi connectivity index (χ1n) is 4.04. The molecule has 7 heteroatoms. The average Bonchev–Trinajstić information content (AvgIpc) is 2.14. The number of hydrogen-bond donors (Lipinski definition) is 0. The summed E-state index contributed by atoms with van der Waals surface area (Å²) in [5.41, 5.74) is 0. The van der Waals surface area contributed by atoms with Crippen LogP contribution in [-0.4, -0.2) is 18.2 Å². The fraction of sp³-hybridized carbons (Fsp3) is 0.222. The topological polar surface area (TPSA) is 35.5 Å². The Balaban J connectivity index is 2.57. The van der Waals surface area contributed by atoms with Crippen LogP contribution >= 0.6 is 11.6 Å². The molecule has 1 rings (SSSR count). The number of hydrogen-bond acceptors (Lipinski definition) is 3. The number of carbonyl (C=O) groups is 1. The summed E-state index contributed by atoms with van der Waals surface area (Å²) < 4.78 is 43.8. The summed E-state index contributed by atoms with van der Waals surface area (Å²) >= 11 is 5.01. The van der Waals surface area contributed by atoms with Crippen LogP contribution in [0.15, 0.2) is 24.3 Å². The van der Waals surface area contributed by atoms with Crippen molar-refractivity contribution in [2.75, 3.05) is 6.61 Å². The van der Waals surface area contributed by atoms with Crippen molar-refractivity contribution in [1.82, 2.24) is 0 Å². The Morgan fingerprint density at radius 1 is 1.19 bits per heavy atom. The van der Waals surface area contributed by atoms with Gasteiger partial charge >= 0.3 is 6.36 Å². The van der Waals surface area contributed by atoms with Crippen LogP contribution in [0.3, 0.4) is 0 Å². The summed E-state index contributed by atoms with van der Waals surface area (Å²) in [5.74, 6) is -0.138. The van der Waals surface area contributed by atoms with Crippen LogP contribution in [0.1, 0.15) is 0 Å². The summed E-state index contributed by atoms with van der Waals surface area (Å²) in [5, 5.41) is -0.699. The van der Waals surface area contributed by atoms with E-state index in [0.717, 1.165) is 12.1 Å². The standard InChI is InChI=1S/C9H6ClF3O3/c10-8(14)5-15-6-1-3-7(4-2-6)16-9(11,12)13/h1-4H,5H2. The van der Waals surface area contributed by atoms with E-state index in [2.05, 4.69) is 4.74 Å². The van der Waals surface area contributed by atoms with Gasteiger partial charge in [-0.3, -0.25) is 4.79 Å². The highest BCUT2D eigenvalue weighted by molar-refractivity contribution is 6.63. The molecule has 0 amide bonds. The lowest BCUT2D eigenvalue weighted by Gasteiger charge is -2.09. The summed E-state index contributed by atoms with van der Waals surface area (Å²) in [6.45, 7) is -0.346. The fourth-order valence-electron chi connectivity index (χ4n) is 0.878. The smallest absolute Gasteiger partial charge is 0.484 e. The molecule has 0 saturated heterocycles. The molecular formula is C9H6ClF3O3. The Bertz CT molecular complexity index is 361. The van der Waals surface area contributed by atoms with E-state index in [0.29, 0.717) is 0 Å². The Kier molecular flexibility index (Phi) is 4.00. The van der Waals surface area contributed by atoms with Crippen LogP contribution in [0.5, 0.6) is 11.5 Å². The second-order valence-electron chi connectivity index (χ2n) is 2.66. The van der Waals surface area contributed by atoms with E-state index in [1.54, 1.807) is 0 Å². The Morgan fingerprint density at radius 2 is 1.69 bits per heavy atom. The Labute approximate surface area is 93.7 Å². The third kappa shape index (κ3) is 4.88. The zero-order chi connectivity index (χ0) is 12.2. The Hall–Kier alpha value is -1.43. The largest absolute Gasteiger partial charge is 0.573 e. The molecule has 0 aliphatic heterocycles. The SMILES string of the molecule is O=C(Cl)COc1ccc(OC(F)(F)F)cc1. The van der Waals surface area contributed by atoms with Gasteiger partial charge in [-0.2, -0.15) is 0 Å². The first kappa shape index (κ1) is 12.6. The quantitative estimate of drug-likeness (QED) is 0.775. The molecule has 16 heavy (non-hydrogen) atoms. The maximum Gasteiger partial charge on any atom is 0.573 e. The van der Waals surface area contributed by atoms with E-state index in [1.807, 2.05) is 0 Å². The molecule has 0 heterocycles. The molecule has 0 atom stereocenters. The second-order valence-corrected chi connectivity index (χ2v) is 3.08. The highest BCUT2D eigenvalue weighted by Gasteiger charge is 2.30. The van der Waals surface area contributed by atoms with Crippen molar-refractivity contribution >= 4 is 16.8 Å². The first-order valence-corrected chi connectivity index (χ1v) is 4.41. The molecule has 0 fully saturated rings. The van der Waals surface area contributed by atoms with Crippen LogP contribution in [0.4, 0.5) is 13.2 Å². The van der Waals surface area contributed by atoms with Crippen LogP contribution in [0.2, 0.25) is 0 Å². The average molecular weight is 255 g/mol. The van der Waals surface area contributed by atoms with Crippen molar-refractivity contribution in [2.24, 2.45) is 0 Å². The van der Waals surface area contributed by atoms with Crippen LogP contribution < -0.4 is 9.47 Å². The number of halogens is 4. The molecule has 0 bridgehead atoms. The number of benzene rings is 1. The van der Waals surface area contributed by atoms with Crippen molar-refractivity contribution in [2.45, 2.75) is 6.36 Å². The summed E-state index contributed by atoms with van der Waals surface area (Å²) in [4.78, 5) is 10.3. The van der Waals surface area contributed by atoms with Crippen LogP contribution in [0.25, 0.3) is 0 Å². The maximum absolute atomic E-state index is 11.8. The van der Waals surface area contributed by atoms with Gasteiger partial charge in [0.2, 0.25) is 0 Å². The van der Waals surface area contributed by atoms with Crippen LogP contribution in [-0.2, 0) is 4.79 Å². The zero-order valence-electron chi connectivity index (χ0n) is 7.75. The minimum Gasteiger partial charge on any atom is -0.484 e. The lowest BCUT2D eigenvalue weighted by Crippen LogP contribution is -2.17. The van der Waals surface area contributed by atoms with E-state index < -0.39 is 11.6 Å². The zero-order valence-corrected chi connectivity index (χ0v) is 8.51. The molecule has 1 aromatic rings. The third-order valence-corrected chi connectivity index (χ3v) is 1.52. The molecule has 0 N–H and O–H groups in total. The van der Waals surface area contributed by atoms with Crippen molar-refractivity contribution in [3.05, 3.63) is 24.3 Å². The van der Waals surface area contributed by atoms with Gasteiger partial charge in [0.1, 0.15) is 11.5 Å². The molecule has 88 valence electrons. The van der Waals surface area contributed by atoms with Gasteiger partial charge in [-0.1, -0.05) is 0 Å². The lowest BCUT2D eigenvalue weighted by atomic mass is 10.3. The van der Waals surface area contributed by atoms with E-state index in [4.69, 9.17) is 16.3 Å². The first-order chi connectivity index (χ1) is 7.37. The van der Waals surface area contributed by atoms with Gasteiger partial charge in [-0.05, 0) is 35.9 Å². The van der Waals surface area contributed by atoms with Gasteiger partial charge in [-0.15, -0.1) is 13.2 Å². The molecule has 0 saturated carbocycles. The molecule has 0 spiro atoms. The van der Waals surface area contributed by atoms with Crippen molar-refractivity contribution < 1.29 is 27.4 Å². The normalized spacial score (nSPS) is 11.0. The van der Waals surface area contributed by atoms with Crippen molar-refractivity contribution in [3.63, 3.8) is 0 Å². The van der Waals surface area contributed by atoms with Crippen LogP contribution in [0, 0.1) is 0 Å². The molecule has 3 nitrogen and oxygen atoms in total. The summed E-state index contributed by atoms with van der Waals surface area (Å²) in [6, 6.07) is 4.62. The molecule has 0 radical (unpaired) electrons. The van der Waals surface area contributed by atoms with Gasteiger partial charge in [0.05, 0.1) is 0 Å². The van der Waals surface area contributed by atoms with E-state index in [-0.39, 0.29) is 18.1 Å². The lowest BCUT2D eigenvalue weighted by molar-refractivity contribution is -0.274. The maximum atomic E-state index is 11.8. The van der Waals surface area contributed by atoms with Gasteiger partial charge in [-0.25, -0.2) is 0 Å². The molecule has 1 aromatic carbocycles. The van der Waals surface area contributed by atoms with Gasteiger partial charge in [0.25, 0.3) is 5.24 Å². The molecule has 0 aliphatic carbocycles. The fourth-order valence-corrected chi connectivity index (χ4v) is 0.932. The van der Waals surface area contributed by atoms with Crippen molar-refractivity contribution in [1.29, 1.82) is 0 Å². The number of carbonyl (C=O) groups excluding carboxylic acids is 1. The minimum absolute atomic E-state index is 0.225. The minimum atomic E-state index is -4.73. The Morgan fingerprint density at radius 3 is 2.12 bits per heavy atom. The number of alkyl halides is 3. The van der Waals surface area contributed by atoms with E-state index >= 15 is 0 Å². The van der Waals surface area contributed by atoms with E-state index in [1.165, 1.54) is 12.1 Å². The molecule has 0 aromatic heterocycles. The number of rotatable bonds is 4. The summed E-state index contributed by atoms with van der Waals surface area (Å²) in [6.07, 6.45) is -4.73.